The Labute approximate surface area is 197 Å². The number of fused-ring (bicyclic) bond motifs is 5. The Morgan fingerprint density at radius 2 is 1.35 bits per heavy atom. The van der Waals surface area contributed by atoms with Gasteiger partial charge in [0.15, 0.2) is 0 Å². The number of rotatable bonds is 3. The lowest BCUT2D eigenvalue weighted by Gasteiger charge is -2.10. The van der Waals surface area contributed by atoms with Gasteiger partial charge in [0.05, 0.1) is 22.2 Å². The lowest BCUT2D eigenvalue weighted by atomic mass is 10.1. The van der Waals surface area contributed by atoms with E-state index in [1.807, 2.05) is 24.4 Å². The van der Waals surface area contributed by atoms with Crippen molar-refractivity contribution in [2.45, 2.75) is 0 Å². The number of aromatic nitrogens is 3. The van der Waals surface area contributed by atoms with E-state index in [4.69, 9.17) is 0 Å². The molecule has 0 radical (unpaired) electrons. The molecule has 3 heteroatoms. The molecule has 0 fully saturated rings. The van der Waals surface area contributed by atoms with Crippen molar-refractivity contribution >= 4 is 32.7 Å². The standard InChI is InChI=1S/C31H21N3/c1-2-8-24(9-3-1)33-21-19-23-15-18-29-30(31(23)33)26-10-4-5-12-28(26)34(29)25-16-13-22(14-17-25)27-11-6-7-20-32-27/h1-21H. The van der Waals surface area contributed by atoms with Crippen molar-refractivity contribution in [3.63, 3.8) is 0 Å². The first kappa shape index (κ1) is 18.9. The van der Waals surface area contributed by atoms with Gasteiger partial charge in [0.25, 0.3) is 0 Å². The summed E-state index contributed by atoms with van der Waals surface area (Å²) in [6, 6.07) is 40.7. The Morgan fingerprint density at radius 3 is 2.18 bits per heavy atom. The van der Waals surface area contributed by atoms with Crippen LogP contribution in [-0.4, -0.2) is 14.1 Å². The number of hydrogen-bond acceptors (Lipinski definition) is 1. The van der Waals surface area contributed by atoms with E-state index in [0.717, 1.165) is 16.9 Å². The molecule has 4 aromatic carbocycles. The highest BCUT2D eigenvalue weighted by Gasteiger charge is 2.17. The zero-order chi connectivity index (χ0) is 22.5. The normalized spacial score (nSPS) is 11.5. The van der Waals surface area contributed by atoms with Gasteiger partial charge >= 0.3 is 0 Å². The SMILES string of the molecule is c1ccc(-n2ccc3ccc4c(c5ccccc5n4-c4ccc(-c5ccccn5)cc4)c32)cc1. The first-order valence-corrected chi connectivity index (χ1v) is 11.5. The van der Waals surface area contributed by atoms with Crippen molar-refractivity contribution in [1.29, 1.82) is 0 Å². The highest BCUT2D eigenvalue weighted by Crippen LogP contribution is 2.38. The zero-order valence-corrected chi connectivity index (χ0v) is 18.5. The first-order valence-electron chi connectivity index (χ1n) is 11.5. The third-order valence-corrected chi connectivity index (χ3v) is 6.61. The summed E-state index contributed by atoms with van der Waals surface area (Å²) in [6.07, 6.45) is 4.01. The van der Waals surface area contributed by atoms with Crippen LogP contribution in [-0.2, 0) is 0 Å². The molecule has 0 amide bonds. The van der Waals surface area contributed by atoms with Crippen LogP contribution in [0.15, 0.2) is 128 Å². The van der Waals surface area contributed by atoms with E-state index in [1.165, 1.54) is 38.4 Å². The van der Waals surface area contributed by atoms with Crippen LogP contribution in [0.4, 0.5) is 0 Å². The maximum Gasteiger partial charge on any atom is 0.0701 e. The van der Waals surface area contributed by atoms with Crippen LogP contribution in [0.25, 0.3) is 55.3 Å². The third-order valence-electron chi connectivity index (χ3n) is 6.61. The van der Waals surface area contributed by atoms with E-state index >= 15 is 0 Å². The average Bonchev–Trinajstić information content (AvgIpc) is 3.49. The Balaban J connectivity index is 1.52. The van der Waals surface area contributed by atoms with Crippen molar-refractivity contribution in [3.8, 4) is 22.6 Å². The second-order valence-electron chi connectivity index (χ2n) is 8.53. The van der Waals surface area contributed by atoms with E-state index in [1.54, 1.807) is 0 Å². The predicted octanol–water partition coefficient (Wildman–Crippen LogP) is 7.79. The van der Waals surface area contributed by atoms with Crippen LogP contribution in [0.1, 0.15) is 0 Å². The molecule has 0 aliphatic carbocycles. The Kier molecular flexibility index (Phi) is 4.15. The van der Waals surface area contributed by atoms with Crippen molar-refractivity contribution in [1.82, 2.24) is 14.1 Å². The average molecular weight is 436 g/mol. The molecule has 7 rings (SSSR count). The topological polar surface area (TPSA) is 22.8 Å². The van der Waals surface area contributed by atoms with Crippen LogP contribution in [0.3, 0.4) is 0 Å². The molecule has 0 atom stereocenters. The van der Waals surface area contributed by atoms with Gasteiger partial charge in [0.1, 0.15) is 0 Å². The number of benzene rings is 4. The molecule has 0 bridgehead atoms. The lowest BCUT2D eigenvalue weighted by Crippen LogP contribution is -1.95. The van der Waals surface area contributed by atoms with E-state index in [0.29, 0.717) is 0 Å². The molecule has 3 nitrogen and oxygen atoms in total. The van der Waals surface area contributed by atoms with Gasteiger partial charge in [-0.1, -0.05) is 60.7 Å². The van der Waals surface area contributed by atoms with Gasteiger partial charge in [-0.05, 0) is 54.6 Å². The monoisotopic (exact) mass is 435 g/mol. The molecular weight excluding hydrogens is 414 g/mol. The number of para-hydroxylation sites is 2. The van der Waals surface area contributed by atoms with Crippen LogP contribution in [0, 0.1) is 0 Å². The summed E-state index contributed by atoms with van der Waals surface area (Å²) in [5.74, 6) is 0. The fraction of sp³-hybridized carbons (Fsp3) is 0. The molecule has 3 heterocycles. The maximum absolute atomic E-state index is 4.50. The molecule has 0 spiro atoms. The molecule has 0 aliphatic rings. The quantitative estimate of drug-likeness (QED) is 0.278. The van der Waals surface area contributed by atoms with Gasteiger partial charge in [0.2, 0.25) is 0 Å². The summed E-state index contributed by atoms with van der Waals surface area (Å²) in [7, 11) is 0. The summed E-state index contributed by atoms with van der Waals surface area (Å²) in [5, 5.41) is 3.77. The highest BCUT2D eigenvalue weighted by molar-refractivity contribution is 6.20. The molecular formula is C31H21N3. The summed E-state index contributed by atoms with van der Waals surface area (Å²) in [5.41, 5.74) is 8.06. The molecule has 34 heavy (non-hydrogen) atoms. The molecule has 0 unspecified atom stereocenters. The van der Waals surface area contributed by atoms with Crippen LogP contribution >= 0.6 is 0 Å². The largest absolute Gasteiger partial charge is 0.316 e. The zero-order valence-electron chi connectivity index (χ0n) is 18.5. The number of nitrogens with zero attached hydrogens (tertiary/aromatic N) is 3. The summed E-state index contributed by atoms with van der Waals surface area (Å²) < 4.78 is 4.67. The van der Waals surface area contributed by atoms with Crippen molar-refractivity contribution in [2.24, 2.45) is 0 Å². The van der Waals surface area contributed by atoms with E-state index < -0.39 is 0 Å². The summed E-state index contributed by atoms with van der Waals surface area (Å²) in [4.78, 5) is 4.50. The molecule has 3 aromatic heterocycles. The smallest absolute Gasteiger partial charge is 0.0701 e. The lowest BCUT2D eigenvalue weighted by molar-refractivity contribution is 1.13. The van der Waals surface area contributed by atoms with Crippen LogP contribution < -0.4 is 0 Å². The Morgan fingerprint density at radius 1 is 0.559 bits per heavy atom. The van der Waals surface area contributed by atoms with Crippen LogP contribution in [0.2, 0.25) is 0 Å². The van der Waals surface area contributed by atoms with Gasteiger partial charge in [-0.25, -0.2) is 0 Å². The molecule has 7 aromatic rings. The van der Waals surface area contributed by atoms with Gasteiger partial charge in [-0.2, -0.15) is 0 Å². The second-order valence-corrected chi connectivity index (χ2v) is 8.53. The van der Waals surface area contributed by atoms with E-state index in [-0.39, 0.29) is 0 Å². The van der Waals surface area contributed by atoms with Crippen molar-refractivity contribution < 1.29 is 0 Å². The molecule has 0 saturated carbocycles. The first-order chi connectivity index (χ1) is 16.9. The summed E-state index contributed by atoms with van der Waals surface area (Å²) in [6.45, 7) is 0. The van der Waals surface area contributed by atoms with Gasteiger partial charge in [0, 0.05) is 45.5 Å². The minimum absolute atomic E-state index is 0.985. The number of hydrogen-bond donors (Lipinski definition) is 0. The van der Waals surface area contributed by atoms with E-state index in [2.05, 4.69) is 117 Å². The molecule has 0 saturated heterocycles. The highest BCUT2D eigenvalue weighted by atomic mass is 15.0. The van der Waals surface area contributed by atoms with Gasteiger partial charge < -0.3 is 9.13 Å². The number of pyridine rings is 1. The Bertz CT molecular complexity index is 1770. The van der Waals surface area contributed by atoms with Crippen molar-refractivity contribution in [2.75, 3.05) is 0 Å². The minimum atomic E-state index is 0.985. The molecule has 160 valence electrons. The minimum Gasteiger partial charge on any atom is -0.316 e. The van der Waals surface area contributed by atoms with Crippen LogP contribution in [0.5, 0.6) is 0 Å². The summed E-state index contributed by atoms with van der Waals surface area (Å²) >= 11 is 0. The second kappa shape index (κ2) is 7.46. The Hall–Kier alpha value is -4.63. The van der Waals surface area contributed by atoms with Crippen molar-refractivity contribution in [3.05, 3.63) is 128 Å². The fourth-order valence-corrected chi connectivity index (χ4v) is 5.08. The maximum atomic E-state index is 4.50. The van der Waals surface area contributed by atoms with E-state index in [9.17, 15) is 0 Å². The van der Waals surface area contributed by atoms with Gasteiger partial charge in [-0.3, -0.25) is 4.98 Å². The van der Waals surface area contributed by atoms with Gasteiger partial charge in [-0.15, -0.1) is 0 Å². The third kappa shape index (κ3) is 2.81. The predicted molar refractivity (Wildman–Crippen MR) is 141 cm³/mol. The molecule has 0 aliphatic heterocycles. The molecule has 0 N–H and O–H groups in total. The fourth-order valence-electron chi connectivity index (χ4n) is 5.08.